The summed E-state index contributed by atoms with van der Waals surface area (Å²) in [7, 11) is 0. The van der Waals surface area contributed by atoms with E-state index in [4.69, 9.17) is 19.3 Å². The van der Waals surface area contributed by atoms with E-state index >= 15 is 0 Å². The molecule has 4 aromatic rings. The van der Waals surface area contributed by atoms with Crippen LogP contribution >= 0.6 is 0 Å². The molecule has 3 unspecified atom stereocenters. The number of ether oxygens (including phenoxy) is 3. The maximum atomic E-state index is 12.5. The molecule has 0 aromatic heterocycles. The average Bonchev–Trinajstić information content (AvgIpc) is 3.58. The monoisotopic (exact) mass is 660 g/mol. The van der Waals surface area contributed by atoms with Crippen molar-refractivity contribution in [2.45, 2.75) is 78.4 Å². The predicted molar refractivity (Wildman–Crippen MR) is 200 cm³/mol. The van der Waals surface area contributed by atoms with Gasteiger partial charge in [-0.25, -0.2) is 4.79 Å². The molecule has 0 spiro atoms. The molecule has 1 aliphatic rings. The van der Waals surface area contributed by atoms with E-state index in [2.05, 4.69) is 112 Å². The molecule has 0 bridgehead atoms. The van der Waals surface area contributed by atoms with Gasteiger partial charge in [0.05, 0.1) is 36.3 Å². The summed E-state index contributed by atoms with van der Waals surface area (Å²) in [5.41, 5.74) is 6.56. The predicted octanol–water partition coefficient (Wildman–Crippen LogP) is 10.3. The number of hydrazone groups is 1. The van der Waals surface area contributed by atoms with Gasteiger partial charge in [-0.2, -0.15) is 5.10 Å². The lowest BCUT2D eigenvalue weighted by molar-refractivity contribution is -0.148. The van der Waals surface area contributed by atoms with E-state index in [-0.39, 0.29) is 30.1 Å². The van der Waals surface area contributed by atoms with E-state index in [1.165, 1.54) is 11.1 Å². The summed E-state index contributed by atoms with van der Waals surface area (Å²) in [6, 6.07) is 37.3. The van der Waals surface area contributed by atoms with E-state index < -0.39 is 0 Å². The molecule has 0 saturated heterocycles. The lowest BCUT2D eigenvalue weighted by Gasteiger charge is -2.33. The minimum Gasteiger partial charge on any atom is -0.482 e. The standard InChI is InChI=1S/C43H52N2O4/c1-6-7-26-43(5,28-32(2)3)49-30-33(4)29-48-42(46)31-47-39-24-22-37(23-25-39)41-27-40(44-45(41)38-16-12-9-13-17-38)36-20-18-35(19-21-36)34-14-10-8-11-15-34/h8-25,32-33,41H,6-7,26-31H2,1-5H3. The number of esters is 1. The van der Waals surface area contributed by atoms with Gasteiger partial charge in [0, 0.05) is 12.3 Å². The molecule has 5 rings (SSSR count). The molecule has 1 aliphatic heterocycles. The third-order valence-electron chi connectivity index (χ3n) is 9.02. The Labute approximate surface area is 293 Å². The second kappa shape index (κ2) is 17.3. The van der Waals surface area contributed by atoms with E-state index in [0.717, 1.165) is 54.6 Å². The number of benzene rings is 4. The van der Waals surface area contributed by atoms with Gasteiger partial charge in [0.25, 0.3) is 0 Å². The summed E-state index contributed by atoms with van der Waals surface area (Å²) in [6.45, 7) is 11.7. The quantitative estimate of drug-likeness (QED) is 0.106. The fourth-order valence-electron chi connectivity index (χ4n) is 6.49. The van der Waals surface area contributed by atoms with Crippen LogP contribution in [0.15, 0.2) is 114 Å². The van der Waals surface area contributed by atoms with Crippen molar-refractivity contribution in [1.82, 2.24) is 0 Å². The van der Waals surface area contributed by atoms with E-state index in [1.54, 1.807) is 0 Å². The lowest BCUT2D eigenvalue weighted by Crippen LogP contribution is -2.33. The van der Waals surface area contributed by atoms with Crippen LogP contribution in [0.5, 0.6) is 5.75 Å². The SMILES string of the molecule is CCCCC(C)(CC(C)C)OCC(C)COC(=O)COc1ccc(C2CC(c3ccc(-c4ccccc4)cc3)=NN2c2ccccc2)cc1. The largest absolute Gasteiger partial charge is 0.482 e. The van der Waals surface area contributed by atoms with Gasteiger partial charge in [0.2, 0.25) is 0 Å². The van der Waals surface area contributed by atoms with Crippen molar-refractivity contribution in [3.05, 3.63) is 120 Å². The molecular weight excluding hydrogens is 608 g/mol. The smallest absolute Gasteiger partial charge is 0.344 e. The molecule has 0 fully saturated rings. The van der Waals surface area contributed by atoms with Gasteiger partial charge in [-0.05, 0) is 72.2 Å². The maximum absolute atomic E-state index is 12.5. The zero-order chi connectivity index (χ0) is 34.6. The first-order valence-electron chi connectivity index (χ1n) is 17.8. The van der Waals surface area contributed by atoms with E-state index in [9.17, 15) is 4.79 Å². The van der Waals surface area contributed by atoms with Gasteiger partial charge in [-0.1, -0.05) is 125 Å². The highest BCUT2D eigenvalue weighted by Gasteiger charge is 2.30. The zero-order valence-corrected chi connectivity index (χ0v) is 29.8. The third-order valence-corrected chi connectivity index (χ3v) is 9.02. The Morgan fingerprint density at radius 1 is 0.837 bits per heavy atom. The van der Waals surface area contributed by atoms with Crippen LogP contribution in [-0.2, 0) is 14.3 Å². The molecule has 1 heterocycles. The fourth-order valence-corrected chi connectivity index (χ4v) is 6.49. The molecule has 3 atom stereocenters. The second-order valence-electron chi connectivity index (χ2n) is 14.0. The van der Waals surface area contributed by atoms with Crippen molar-refractivity contribution in [2.24, 2.45) is 16.9 Å². The van der Waals surface area contributed by atoms with Gasteiger partial charge in [-0.3, -0.25) is 5.01 Å². The number of nitrogens with zero attached hydrogens (tertiary/aromatic N) is 2. The minimum atomic E-state index is -0.380. The van der Waals surface area contributed by atoms with E-state index in [1.807, 2.05) is 36.4 Å². The molecule has 0 aliphatic carbocycles. The number of unbranched alkanes of at least 4 members (excludes halogenated alkanes) is 1. The number of hydrogen-bond acceptors (Lipinski definition) is 6. The van der Waals surface area contributed by atoms with Crippen LogP contribution in [0.25, 0.3) is 11.1 Å². The molecule has 4 aromatic carbocycles. The number of hydrogen-bond donors (Lipinski definition) is 0. The average molecular weight is 661 g/mol. The minimum absolute atomic E-state index is 0.0262. The highest BCUT2D eigenvalue weighted by atomic mass is 16.6. The zero-order valence-electron chi connectivity index (χ0n) is 29.8. The summed E-state index contributed by atoms with van der Waals surface area (Å²) in [4.78, 5) is 12.5. The molecule has 0 amide bonds. The Kier molecular flexibility index (Phi) is 12.7. The third kappa shape index (κ3) is 10.3. The number of carbonyl (C=O) groups excluding carboxylic acids is 1. The Morgan fingerprint density at radius 2 is 1.47 bits per heavy atom. The topological polar surface area (TPSA) is 60.4 Å². The van der Waals surface area contributed by atoms with Crippen LogP contribution < -0.4 is 9.75 Å². The first-order valence-corrected chi connectivity index (χ1v) is 17.8. The lowest BCUT2D eigenvalue weighted by atomic mass is 9.89. The van der Waals surface area contributed by atoms with Crippen molar-refractivity contribution >= 4 is 17.4 Å². The summed E-state index contributed by atoms with van der Waals surface area (Å²) in [5.74, 6) is 0.911. The second-order valence-corrected chi connectivity index (χ2v) is 14.0. The fraction of sp³-hybridized carbons (Fsp3) is 0.395. The normalized spacial score (nSPS) is 16.2. The number of rotatable bonds is 17. The summed E-state index contributed by atoms with van der Waals surface area (Å²) in [5, 5.41) is 7.21. The maximum Gasteiger partial charge on any atom is 0.344 e. The van der Waals surface area contributed by atoms with Crippen molar-refractivity contribution < 1.29 is 19.0 Å². The van der Waals surface area contributed by atoms with Crippen molar-refractivity contribution in [3.63, 3.8) is 0 Å². The van der Waals surface area contributed by atoms with Crippen LogP contribution in [0, 0.1) is 11.8 Å². The Morgan fingerprint density at radius 3 is 2.12 bits per heavy atom. The van der Waals surface area contributed by atoms with Gasteiger partial charge < -0.3 is 14.2 Å². The first-order chi connectivity index (χ1) is 23.7. The molecule has 6 nitrogen and oxygen atoms in total. The molecule has 0 N–H and O–H groups in total. The molecule has 258 valence electrons. The Bertz CT molecular complexity index is 1620. The van der Waals surface area contributed by atoms with Crippen molar-refractivity contribution in [1.29, 1.82) is 0 Å². The number of para-hydroxylation sites is 1. The Balaban J connectivity index is 1.15. The summed E-state index contributed by atoms with van der Waals surface area (Å²) < 4.78 is 17.7. The molecule has 0 radical (unpaired) electrons. The van der Waals surface area contributed by atoms with Crippen molar-refractivity contribution in [2.75, 3.05) is 24.8 Å². The molecule has 49 heavy (non-hydrogen) atoms. The van der Waals surface area contributed by atoms with Crippen LogP contribution in [0.4, 0.5) is 5.69 Å². The number of carbonyl (C=O) groups is 1. The van der Waals surface area contributed by atoms with Gasteiger partial charge in [0.1, 0.15) is 5.75 Å². The molecule has 6 heteroatoms. The molecule has 0 saturated carbocycles. The number of anilines is 1. The Hall–Kier alpha value is -4.42. The van der Waals surface area contributed by atoms with Crippen LogP contribution in [-0.4, -0.2) is 37.1 Å². The van der Waals surface area contributed by atoms with Crippen LogP contribution in [0.2, 0.25) is 0 Å². The van der Waals surface area contributed by atoms with Crippen LogP contribution in [0.1, 0.15) is 83.9 Å². The van der Waals surface area contributed by atoms with Gasteiger partial charge in [-0.15, -0.1) is 0 Å². The first kappa shape index (κ1) is 35.9. The van der Waals surface area contributed by atoms with Crippen molar-refractivity contribution in [3.8, 4) is 16.9 Å². The van der Waals surface area contributed by atoms with Gasteiger partial charge >= 0.3 is 5.97 Å². The highest BCUT2D eigenvalue weighted by Crippen LogP contribution is 2.37. The summed E-state index contributed by atoms with van der Waals surface area (Å²) >= 11 is 0. The van der Waals surface area contributed by atoms with Gasteiger partial charge in [0.15, 0.2) is 6.61 Å². The summed E-state index contributed by atoms with van der Waals surface area (Å²) in [6.07, 6.45) is 5.13. The van der Waals surface area contributed by atoms with E-state index in [0.29, 0.717) is 24.9 Å². The highest BCUT2D eigenvalue weighted by molar-refractivity contribution is 6.03. The molecular formula is C43H52N2O4. The van der Waals surface area contributed by atoms with Crippen LogP contribution in [0.3, 0.4) is 0 Å².